The fourth-order valence-electron chi connectivity index (χ4n) is 3.16. The van der Waals surface area contributed by atoms with Crippen molar-refractivity contribution in [1.29, 1.82) is 0 Å². The van der Waals surface area contributed by atoms with Crippen LogP contribution in [0.5, 0.6) is 0 Å². The van der Waals surface area contributed by atoms with Gasteiger partial charge in [-0.25, -0.2) is 0 Å². The molecular formula is C21H22N2O2. The molecule has 4 nitrogen and oxygen atoms in total. The zero-order chi connectivity index (χ0) is 17.8. The van der Waals surface area contributed by atoms with Gasteiger partial charge in [0.05, 0.1) is 12.5 Å². The van der Waals surface area contributed by atoms with Gasteiger partial charge in [-0.2, -0.15) is 0 Å². The van der Waals surface area contributed by atoms with Crippen molar-refractivity contribution in [3.8, 4) is 0 Å². The number of hydrogen-bond acceptors (Lipinski definition) is 2. The number of nitrogens with one attached hydrogen (secondary N) is 1. The van der Waals surface area contributed by atoms with E-state index in [9.17, 15) is 9.59 Å². The van der Waals surface area contributed by atoms with Crippen LogP contribution >= 0.6 is 0 Å². The summed E-state index contributed by atoms with van der Waals surface area (Å²) in [6, 6.07) is 15.6. The highest BCUT2D eigenvalue weighted by Gasteiger charge is 2.28. The monoisotopic (exact) mass is 334 g/mol. The molecule has 0 saturated heterocycles. The Bertz CT molecular complexity index is 826. The molecule has 4 heteroatoms. The van der Waals surface area contributed by atoms with Gasteiger partial charge in [0.15, 0.2) is 0 Å². The summed E-state index contributed by atoms with van der Waals surface area (Å²) in [6.07, 6.45) is 3.93. The minimum atomic E-state index is -0.268. The first-order valence-corrected chi connectivity index (χ1v) is 8.43. The lowest BCUT2D eigenvalue weighted by molar-refractivity contribution is -0.130. The van der Waals surface area contributed by atoms with Crippen LogP contribution in [0.2, 0.25) is 0 Å². The van der Waals surface area contributed by atoms with E-state index >= 15 is 0 Å². The molecule has 0 bridgehead atoms. The van der Waals surface area contributed by atoms with Crippen LogP contribution in [0, 0.1) is 6.92 Å². The number of hydrogen-bond donors (Lipinski definition) is 1. The summed E-state index contributed by atoms with van der Waals surface area (Å²) >= 11 is 0. The third kappa shape index (κ3) is 3.79. The predicted molar refractivity (Wildman–Crippen MR) is 98.4 cm³/mol. The molecule has 1 unspecified atom stereocenters. The van der Waals surface area contributed by atoms with Crippen molar-refractivity contribution in [1.82, 2.24) is 10.2 Å². The van der Waals surface area contributed by atoms with Crippen molar-refractivity contribution in [3.63, 3.8) is 0 Å². The van der Waals surface area contributed by atoms with Gasteiger partial charge in [-0.05, 0) is 35.3 Å². The van der Waals surface area contributed by atoms with Crippen LogP contribution < -0.4 is 5.32 Å². The molecule has 0 saturated carbocycles. The maximum atomic E-state index is 12.5. The van der Waals surface area contributed by atoms with Crippen molar-refractivity contribution in [2.45, 2.75) is 32.9 Å². The second-order valence-electron chi connectivity index (χ2n) is 6.29. The SMILES string of the molecule is CC(=O)N1C=Cc2ccccc2C1CC(=O)NCc1ccccc1C. The zero-order valence-corrected chi connectivity index (χ0v) is 14.5. The Morgan fingerprint density at radius 1 is 1.08 bits per heavy atom. The summed E-state index contributed by atoms with van der Waals surface area (Å²) in [5.41, 5.74) is 4.31. The van der Waals surface area contributed by atoms with Gasteiger partial charge in [0.25, 0.3) is 0 Å². The highest BCUT2D eigenvalue weighted by molar-refractivity contribution is 5.81. The van der Waals surface area contributed by atoms with Gasteiger partial charge in [-0.3, -0.25) is 9.59 Å². The maximum absolute atomic E-state index is 12.5. The lowest BCUT2D eigenvalue weighted by atomic mass is 9.93. The summed E-state index contributed by atoms with van der Waals surface area (Å²) in [6.45, 7) is 4.05. The molecule has 0 radical (unpaired) electrons. The fourth-order valence-corrected chi connectivity index (χ4v) is 3.16. The molecule has 3 rings (SSSR count). The number of fused-ring (bicyclic) bond motifs is 1. The Labute approximate surface area is 148 Å². The van der Waals surface area contributed by atoms with E-state index in [1.54, 1.807) is 11.1 Å². The van der Waals surface area contributed by atoms with E-state index in [1.165, 1.54) is 6.92 Å². The summed E-state index contributed by atoms with van der Waals surface area (Å²) in [4.78, 5) is 26.1. The Balaban J connectivity index is 1.73. The Morgan fingerprint density at radius 2 is 1.80 bits per heavy atom. The molecule has 1 aliphatic rings. The summed E-state index contributed by atoms with van der Waals surface area (Å²) < 4.78 is 0. The van der Waals surface area contributed by atoms with Crippen molar-refractivity contribution in [2.24, 2.45) is 0 Å². The number of nitrogens with zero attached hydrogens (tertiary/aromatic N) is 1. The third-order valence-electron chi connectivity index (χ3n) is 4.59. The first kappa shape index (κ1) is 17.0. The smallest absolute Gasteiger partial charge is 0.223 e. The fraction of sp³-hybridized carbons (Fsp3) is 0.238. The molecule has 1 atom stereocenters. The van der Waals surface area contributed by atoms with Gasteiger partial charge < -0.3 is 10.2 Å². The highest BCUT2D eigenvalue weighted by atomic mass is 16.2. The largest absolute Gasteiger partial charge is 0.352 e. The van der Waals surface area contributed by atoms with E-state index in [0.29, 0.717) is 6.54 Å². The van der Waals surface area contributed by atoms with Gasteiger partial charge in [0.2, 0.25) is 11.8 Å². The van der Waals surface area contributed by atoms with Crippen LogP contribution in [0.1, 0.15) is 41.6 Å². The summed E-state index contributed by atoms with van der Waals surface area (Å²) in [5, 5.41) is 2.98. The van der Waals surface area contributed by atoms with Crippen LogP contribution in [0.25, 0.3) is 6.08 Å². The number of carbonyl (C=O) groups is 2. The Hall–Kier alpha value is -2.88. The maximum Gasteiger partial charge on any atom is 0.223 e. The normalized spacial score (nSPS) is 15.6. The first-order chi connectivity index (χ1) is 12.1. The molecule has 25 heavy (non-hydrogen) atoms. The van der Waals surface area contributed by atoms with E-state index in [0.717, 1.165) is 22.3 Å². The van der Waals surface area contributed by atoms with Gasteiger partial charge >= 0.3 is 0 Å². The molecule has 0 spiro atoms. The van der Waals surface area contributed by atoms with Crippen molar-refractivity contribution in [2.75, 3.05) is 0 Å². The standard InChI is InChI=1S/C21H22N2O2/c1-15-7-3-4-9-18(15)14-22-21(25)13-20-19-10-6-5-8-17(19)11-12-23(20)16(2)24/h3-12,20H,13-14H2,1-2H3,(H,22,25). The van der Waals surface area contributed by atoms with Crippen LogP contribution in [0.15, 0.2) is 54.7 Å². The Morgan fingerprint density at radius 3 is 2.56 bits per heavy atom. The molecule has 0 aliphatic carbocycles. The van der Waals surface area contributed by atoms with Crippen molar-refractivity contribution in [3.05, 3.63) is 77.0 Å². The first-order valence-electron chi connectivity index (χ1n) is 8.43. The topological polar surface area (TPSA) is 49.4 Å². The van der Waals surface area contributed by atoms with Crippen molar-refractivity contribution >= 4 is 17.9 Å². The van der Waals surface area contributed by atoms with Crippen LogP contribution in [-0.2, 0) is 16.1 Å². The van der Waals surface area contributed by atoms with Crippen LogP contribution in [-0.4, -0.2) is 16.7 Å². The number of aryl methyl sites for hydroxylation is 1. The molecule has 2 amide bonds. The number of carbonyl (C=O) groups excluding carboxylic acids is 2. The van der Waals surface area contributed by atoms with Gasteiger partial charge in [0, 0.05) is 19.7 Å². The number of amides is 2. The lowest BCUT2D eigenvalue weighted by Gasteiger charge is -2.32. The van der Waals surface area contributed by atoms with Gasteiger partial charge in [-0.1, -0.05) is 48.5 Å². The number of benzene rings is 2. The minimum absolute atomic E-state index is 0.0652. The van der Waals surface area contributed by atoms with E-state index in [4.69, 9.17) is 0 Å². The van der Waals surface area contributed by atoms with Gasteiger partial charge in [0.1, 0.15) is 0 Å². The molecular weight excluding hydrogens is 312 g/mol. The molecule has 2 aromatic carbocycles. The van der Waals surface area contributed by atoms with E-state index < -0.39 is 0 Å². The molecule has 1 aliphatic heterocycles. The predicted octanol–water partition coefficient (Wildman–Crippen LogP) is 3.58. The molecule has 2 aromatic rings. The second-order valence-corrected chi connectivity index (χ2v) is 6.29. The van der Waals surface area contributed by atoms with E-state index in [2.05, 4.69) is 5.32 Å². The average molecular weight is 334 g/mol. The summed E-state index contributed by atoms with van der Waals surface area (Å²) in [5.74, 6) is -0.132. The average Bonchev–Trinajstić information content (AvgIpc) is 2.61. The van der Waals surface area contributed by atoms with Gasteiger partial charge in [-0.15, -0.1) is 0 Å². The molecule has 128 valence electrons. The molecule has 0 aromatic heterocycles. The lowest BCUT2D eigenvalue weighted by Crippen LogP contribution is -2.35. The zero-order valence-electron chi connectivity index (χ0n) is 14.5. The second kappa shape index (κ2) is 7.34. The number of rotatable bonds is 4. The third-order valence-corrected chi connectivity index (χ3v) is 4.59. The quantitative estimate of drug-likeness (QED) is 0.929. The van der Waals surface area contributed by atoms with Crippen molar-refractivity contribution < 1.29 is 9.59 Å². The molecule has 0 fully saturated rings. The van der Waals surface area contributed by atoms with Crippen LogP contribution in [0.3, 0.4) is 0 Å². The van der Waals surface area contributed by atoms with E-state index in [-0.39, 0.29) is 24.3 Å². The summed E-state index contributed by atoms with van der Waals surface area (Å²) in [7, 11) is 0. The highest BCUT2D eigenvalue weighted by Crippen LogP contribution is 2.32. The minimum Gasteiger partial charge on any atom is -0.352 e. The Kier molecular flexibility index (Phi) is 4.98. The van der Waals surface area contributed by atoms with Crippen LogP contribution in [0.4, 0.5) is 0 Å². The van der Waals surface area contributed by atoms with E-state index in [1.807, 2.05) is 61.5 Å². The molecule has 1 heterocycles. The molecule has 1 N–H and O–H groups in total.